The molecule has 0 heterocycles. The molecule has 1 aromatic carbocycles. The van der Waals surface area contributed by atoms with Crippen LogP contribution in [0.2, 0.25) is 0 Å². The Labute approximate surface area is 106 Å². The first kappa shape index (κ1) is 13.9. The van der Waals surface area contributed by atoms with Gasteiger partial charge in [-0.25, -0.2) is 0 Å². The molecule has 1 N–H and O–H groups in total. The molecule has 0 saturated carbocycles. The van der Waals surface area contributed by atoms with Crippen molar-refractivity contribution in [3.8, 4) is 0 Å². The Morgan fingerprint density at radius 2 is 1.79 bits per heavy atom. The molecule has 4 nitrogen and oxygen atoms in total. The number of hydrogen-bond donors (Lipinski definition) is 1. The van der Waals surface area contributed by atoms with Crippen LogP contribution >= 0.6 is 0 Å². The number of anilines is 1. The van der Waals surface area contributed by atoms with Gasteiger partial charge in [-0.1, -0.05) is 18.2 Å². The second kappa shape index (κ2) is 5.14. The summed E-state index contributed by atoms with van der Waals surface area (Å²) in [5.74, 6) is 0. The summed E-state index contributed by atoms with van der Waals surface area (Å²) in [5.41, 5.74) is 1.27. The molecule has 0 amide bonds. The zero-order valence-electron chi connectivity index (χ0n) is 7.43. The van der Waals surface area contributed by atoms with Gasteiger partial charge in [0.15, 0.2) is 0 Å². The number of aryl methyl sites for hydroxylation is 1. The maximum atomic E-state index is 10.8. The van der Waals surface area contributed by atoms with Crippen LogP contribution in [0.4, 0.5) is 5.69 Å². The van der Waals surface area contributed by atoms with E-state index in [1.165, 1.54) is 7.05 Å². The molecule has 1 rings (SSSR count). The van der Waals surface area contributed by atoms with Crippen LogP contribution in [-0.2, 0) is 10.3 Å². The van der Waals surface area contributed by atoms with E-state index in [1.54, 1.807) is 31.2 Å². The van der Waals surface area contributed by atoms with Crippen molar-refractivity contribution in [1.82, 2.24) is 0 Å². The third kappa shape index (κ3) is 3.25. The first-order valence-electron chi connectivity index (χ1n) is 3.70. The molecule has 14 heavy (non-hydrogen) atoms. The Morgan fingerprint density at radius 3 is 2.21 bits per heavy atom. The molecule has 1 aromatic rings. The number of benzene rings is 1. The average molecular weight is 225 g/mol. The van der Waals surface area contributed by atoms with Crippen LogP contribution in [-0.4, -0.2) is 49.6 Å². The Hall–Kier alpha value is -0.0700. The van der Waals surface area contributed by atoms with Gasteiger partial charge in [0.2, 0.25) is 0 Å². The molecule has 0 aliphatic rings. The zero-order chi connectivity index (χ0) is 10.1. The van der Waals surface area contributed by atoms with Crippen molar-refractivity contribution < 1.29 is 13.0 Å². The normalized spacial score (nSPS) is 10.5. The van der Waals surface area contributed by atoms with Crippen LogP contribution in [0.1, 0.15) is 5.56 Å². The first-order valence-corrected chi connectivity index (χ1v) is 5.09. The van der Waals surface area contributed by atoms with Gasteiger partial charge in [-0.05, 0) is 18.6 Å². The van der Waals surface area contributed by atoms with Gasteiger partial charge in [-0.2, -0.15) is 8.42 Å². The van der Waals surface area contributed by atoms with Crippen molar-refractivity contribution in [1.29, 1.82) is 0 Å². The fourth-order valence-electron chi connectivity index (χ4n) is 1.04. The van der Waals surface area contributed by atoms with E-state index in [-0.39, 0.29) is 29.6 Å². The molecule has 0 fully saturated rings. The van der Waals surface area contributed by atoms with Crippen molar-refractivity contribution in [2.75, 3.05) is 11.4 Å². The van der Waals surface area contributed by atoms with Crippen molar-refractivity contribution in [2.45, 2.75) is 6.92 Å². The minimum absolute atomic E-state index is 0. The molecule has 0 radical (unpaired) electrons. The zero-order valence-corrected chi connectivity index (χ0v) is 8.25. The second-order valence-electron chi connectivity index (χ2n) is 2.73. The van der Waals surface area contributed by atoms with E-state index in [9.17, 15) is 8.42 Å². The molecule has 0 aliphatic carbocycles. The fraction of sp³-hybridized carbons (Fsp3) is 0.250. The van der Waals surface area contributed by atoms with Crippen LogP contribution in [0, 0.1) is 6.92 Å². The second-order valence-corrected chi connectivity index (χ2v) is 4.18. The maximum absolute atomic E-state index is 10.8. The van der Waals surface area contributed by atoms with E-state index in [4.69, 9.17) is 4.55 Å². The van der Waals surface area contributed by atoms with Crippen molar-refractivity contribution >= 4 is 45.5 Å². The predicted octanol–water partition coefficient (Wildman–Crippen LogP) is 0.586. The Morgan fingerprint density at radius 1 is 1.29 bits per heavy atom. The monoisotopic (exact) mass is 225 g/mol. The summed E-state index contributed by atoms with van der Waals surface area (Å²) in [7, 11) is -2.84. The Kier molecular flexibility index (Phi) is 5.11. The molecule has 0 spiro atoms. The van der Waals surface area contributed by atoms with E-state index >= 15 is 0 Å². The van der Waals surface area contributed by atoms with Crippen molar-refractivity contribution in [3.05, 3.63) is 29.8 Å². The quantitative estimate of drug-likeness (QED) is 0.592. The van der Waals surface area contributed by atoms with Crippen molar-refractivity contribution in [2.24, 2.45) is 0 Å². The topological polar surface area (TPSA) is 57.6 Å². The summed E-state index contributed by atoms with van der Waals surface area (Å²) < 4.78 is 31.1. The third-order valence-corrected chi connectivity index (χ3v) is 2.69. The van der Waals surface area contributed by atoms with Gasteiger partial charge in [-0.15, -0.1) is 0 Å². The van der Waals surface area contributed by atoms with Crippen LogP contribution in [0.5, 0.6) is 0 Å². The van der Waals surface area contributed by atoms with E-state index in [2.05, 4.69) is 0 Å². The first-order chi connectivity index (χ1) is 5.93. The molecule has 6 heteroatoms. The molecule has 74 valence electrons. The minimum atomic E-state index is -4.15. The van der Waals surface area contributed by atoms with Gasteiger partial charge in [-0.3, -0.25) is 8.86 Å². The molecule has 0 saturated heterocycles. The summed E-state index contributed by atoms with van der Waals surface area (Å²) in [6.45, 7) is 1.77. The fourth-order valence-corrected chi connectivity index (χ4v) is 1.49. The standard InChI is InChI=1S/C8H11NO3S.Na.H/c1-7-5-3-4-6-8(7)9(2)13(10,11)12;;/h3-6H,1-2H3,(H,10,11,12);;. The van der Waals surface area contributed by atoms with Gasteiger partial charge in [0.05, 0.1) is 5.69 Å². The van der Waals surface area contributed by atoms with Gasteiger partial charge in [0.25, 0.3) is 0 Å². The van der Waals surface area contributed by atoms with E-state index in [0.29, 0.717) is 5.69 Å². The summed E-state index contributed by atoms with van der Waals surface area (Å²) in [6, 6.07) is 6.92. The summed E-state index contributed by atoms with van der Waals surface area (Å²) in [6.07, 6.45) is 0. The van der Waals surface area contributed by atoms with Gasteiger partial charge in [0.1, 0.15) is 0 Å². The molecule has 0 bridgehead atoms. The molecule has 0 aliphatic heterocycles. The Balaban J connectivity index is 0.00000169. The molecule has 0 unspecified atom stereocenters. The van der Waals surface area contributed by atoms with Gasteiger partial charge in [0, 0.05) is 7.05 Å². The SMILES string of the molecule is Cc1ccccc1N(C)S(=O)(=O)O.[NaH]. The summed E-state index contributed by atoms with van der Waals surface area (Å²) >= 11 is 0. The van der Waals surface area contributed by atoms with E-state index in [1.807, 2.05) is 0 Å². The number of hydrogen-bond acceptors (Lipinski definition) is 2. The predicted molar refractivity (Wildman–Crippen MR) is 58.3 cm³/mol. The molecular weight excluding hydrogens is 213 g/mol. The van der Waals surface area contributed by atoms with Gasteiger partial charge >= 0.3 is 39.9 Å². The summed E-state index contributed by atoms with van der Waals surface area (Å²) in [5, 5.41) is 0. The van der Waals surface area contributed by atoms with Crippen LogP contribution in [0.25, 0.3) is 0 Å². The van der Waals surface area contributed by atoms with Crippen LogP contribution < -0.4 is 4.31 Å². The van der Waals surface area contributed by atoms with Crippen LogP contribution in [0.3, 0.4) is 0 Å². The number of nitrogens with zero attached hydrogens (tertiary/aromatic N) is 1. The molecule has 0 atom stereocenters. The molecular formula is C8H12NNaO3S. The van der Waals surface area contributed by atoms with Crippen molar-refractivity contribution in [3.63, 3.8) is 0 Å². The number of para-hydroxylation sites is 1. The summed E-state index contributed by atoms with van der Waals surface area (Å²) in [4.78, 5) is 0. The average Bonchev–Trinajstić information content (AvgIpc) is 2.02. The molecule has 0 aromatic heterocycles. The van der Waals surface area contributed by atoms with E-state index < -0.39 is 10.3 Å². The third-order valence-electron chi connectivity index (χ3n) is 1.80. The van der Waals surface area contributed by atoms with Crippen LogP contribution in [0.15, 0.2) is 24.3 Å². The Bertz CT molecular complexity index is 405. The van der Waals surface area contributed by atoms with Gasteiger partial charge < -0.3 is 0 Å². The van der Waals surface area contributed by atoms with E-state index in [0.717, 1.165) is 9.87 Å². The number of rotatable bonds is 2.